The summed E-state index contributed by atoms with van der Waals surface area (Å²) in [6.45, 7) is 4.63. The highest BCUT2D eigenvalue weighted by Crippen LogP contribution is 2.27. The standard InChI is InChI=1S/C19H23ClN2O2/c1-4-14(5-2)15-8-10-22(11-9-15)13-19(23)21-17-12-16(20)6-7-18(17)24-3/h6-12,14H,4-5,13H2,1-3H3/p+1. The minimum absolute atomic E-state index is 0.129. The maximum absolute atomic E-state index is 12.3. The molecule has 0 spiro atoms. The van der Waals surface area contributed by atoms with Crippen LogP contribution in [0.2, 0.25) is 5.02 Å². The van der Waals surface area contributed by atoms with Crippen LogP contribution >= 0.6 is 11.6 Å². The van der Waals surface area contributed by atoms with Crippen LogP contribution < -0.4 is 14.6 Å². The Labute approximate surface area is 148 Å². The minimum atomic E-state index is -0.129. The molecular formula is C19H24ClN2O2+. The molecule has 0 saturated heterocycles. The van der Waals surface area contributed by atoms with Crippen LogP contribution in [0.4, 0.5) is 5.69 Å². The highest BCUT2D eigenvalue weighted by molar-refractivity contribution is 6.31. The van der Waals surface area contributed by atoms with Gasteiger partial charge in [0.15, 0.2) is 12.4 Å². The van der Waals surface area contributed by atoms with Gasteiger partial charge in [0.05, 0.1) is 12.8 Å². The molecule has 0 saturated carbocycles. The lowest BCUT2D eigenvalue weighted by Gasteiger charge is -2.11. The molecule has 128 valence electrons. The number of anilines is 1. The number of aromatic nitrogens is 1. The summed E-state index contributed by atoms with van der Waals surface area (Å²) in [7, 11) is 1.56. The smallest absolute Gasteiger partial charge is 0.290 e. The van der Waals surface area contributed by atoms with E-state index in [1.54, 1.807) is 25.3 Å². The van der Waals surface area contributed by atoms with Gasteiger partial charge in [-0.2, -0.15) is 4.57 Å². The van der Waals surface area contributed by atoms with Crippen molar-refractivity contribution in [3.8, 4) is 5.75 Å². The van der Waals surface area contributed by atoms with Crippen molar-refractivity contribution in [2.24, 2.45) is 0 Å². The lowest BCUT2D eigenvalue weighted by atomic mass is 9.95. The molecule has 1 heterocycles. The van der Waals surface area contributed by atoms with E-state index < -0.39 is 0 Å². The number of nitrogens with one attached hydrogen (secondary N) is 1. The molecule has 1 aromatic heterocycles. The van der Waals surface area contributed by atoms with Crippen molar-refractivity contribution in [3.63, 3.8) is 0 Å². The summed E-state index contributed by atoms with van der Waals surface area (Å²) in [4.78, 5) is 12.3. The number of methoxy groups -OCH3 is 1. The van der Waals surface area contributed by atoms with Gasteiger partial charge in [0.1, 0.15) is 5.75 Å². The fraction of sp³-hybridized carbons (Fsp3) is 0.368. The molecule has 2 aromatic rings. The first-order valence-electron chi connectivity index (χ1n) is 8.19. The third-order valence-electron chi connectivity index (χ3n) is 4.14. The number of halogens is 1. The average molecular weight is 348 g/mol. The Morgan fingerprint density at radius 3 is 2.46 bits per heavy atom. The molecule has 0 bridgehead atoms. The van der Waals surface area contributed by atoms with E-state index >= 15 is 0 Å². The van der Waals surface area contributed by atoms with Gasteiger partial charge < -0.3 is 10.1 Å². The normalized spacial score (nSPS) is 10.7. The van der Waals surface area contributed by atoms with E-state index in [1.165, 1.54) is 5.56 Å². The molecule has 2 rings (SSSR count). The quantitative estimate of drug-likeness (QED) is 0.763. The van der Waals surface area contributed by atoms with Crippen molar-refractivity contribution in [1.82, 2.24) is 0 Å². The first-order valence-corrected chi connectivity index (χ1v) is 8.57. The van der Waals surface area contributed by atoms with E-state index in [9.17, 15) is 4.79 Å². The number of hydrogen-bond donors (Lipinski definition) is 1. The number of hydrogen-bond acceptors (Lipinski definition) is 2. The molecule has 24 heavy (non-hydrogen) atoms. The second kappa shape index (κ2) is 8.69. The van der Waals surface area contributed by atoms with Crippen molar-refractivity contribution in [2.45, 2.75) is 39.2 Å². The predicted octanol–water partition coefficient (Wildman–Crippen LogP) is 4.18. The van der Waals surface area contributed by atoms with Crippen LogP contribution in [0.5, 0.6) is 5.75 Å². The van der Waals surface area contributed by atoms with Gasteiger partial charge in [-0.25, -0.2) is 0 Å². The van der Waals surface area contributed by atoms with Crippen LogP contribution in [0.15, 0.2) is 42.7 Å². The van der Waals surface area contributed by atoms with Gasteiger partial charge in [-0.3, -0.25) is 4.79 Å². The van der Waals surface area contributed by atoms with E-state index in [2.05, 4.69) is 31.3 Å². The van der Waals surface area contributed by atoms with Gasteiger partial charge >= 0.3 is 0 Å². The second-order valence-electron chi connectivity index (χ2n) is 5.71. The van der Waals surface area contributed by atoms with Crippen molar-refractivity contribution in [2.75, 3.05) is 12.4 Å². The van der Waals surface area contributed by atoms with E-state index in [-0.39, 0.29) is 12.5 Å². The number of benzene rings is 1. The Bertz CT molecular complexity index is 682. The summed E-state index contributed by atoms with van der Waals surface area (Å²) >= 11 is 5.98. The summed E-state index contributed by atoms with van der Waals surface area (Å²) in [5, 5.41) is 3.39. The molecule has 0 atom stereocenters. The number of carbonyl (C=O) groups excluding carboxylic acids is 1. The zero-order valence-electron chi connectivity index (χ0n) is 14.4. The maximum atomic E-state index is 12.3. The summed E-state index contributed by atoms with van der Waals surface area (Å²) < 4.78 is 7.10. The predicted molar refractivity (Wildman–Crippen MR) is 96.6 cm³/mol. The fourth-order valence-electron chi connectivity index (χ4n) is 2.74. The van der Waals surface area contributed by atoms with Crippen LogP contribution in [0.1, 0.15) is 38.2 Å². The highest BCUT2D eigenvalue weighted by Gasteiger charge is 2.14. The summed E-state index contributed by atoms with van der Waals surface area (Å²) in [6, 6.07) is 9.31. The molecule has 0 aliphatic rings. The Balaban J connectivity index is 2.04. The number of amides is 1. The molecular weight excluding hydrogens is 324 g/mol. The van der Waals surface area contributed by atoms with Crippen LogP contribution in [-0.2, 0) is 11.3 Å². The SMILES string of the molecule is CCC(CC)c1cc[n+](CC(=O)Nc2cc(Cl)ccc2OC)cc1. The molecule has 0 unspecified atom stereocenters. The maximum Gasteiger partial charge on any atom is 0.290 e. The molecule has 1 N–H and O–H groups in total. The molecule has 0 radical (unpaired) electrons. The fourth-order valence-corrected chi connectivity index (χ4v) is 2.91. The summed E-state index contributed by atoms with van der Waals surface area (Å²) in [5.41, 5.74) is 1.89. The molecule has 4 nitrogen and oxygen atoms in total. The van der Waals surface area contributed by atoms with Crippen molar-refractivity contribution in [3.05, 3.63) is 53.3 Å². The zero-order chi connectivity index (χ0) is 17.5. The minimum Gasteiger partial charge on any atom is -0.495 e. The largest absolute Gasteiger partial charge is 0.495 e. The van der Waals surface area contributed by atoms with E-state index in [4.69, 9.17) is 16.3 Å². The van der Waals surface area contributed by atoms with Crippen LogP contribution in [0.25, 0.3) is 0 Å². The van der Waals surface area contributed by atoms with Crippen molar-refractivity contribution >= 4 is 23.2 Å². The third kappa shape index (κ3) is 4.71. The van der Waals surface area contributed by atoms with Crippen molar-refractivity contribution in [1.29, 1.82) is 0 Å². The third-order valence-corrected chi connectivity index (χ3v) is 4.37. The molecule has 1 amide bonds. The molecule has 5 heteroatoms. The van der Waals surface area contributed by atoms with Gasteiger partial charge in [-0.1, -0.05) is 25.4 Å². The lowest BCUT2D eigenvalue weighted by Crippen LogP contribution is -2.39. The topological polar surface area (TPSA) is 42.2 Å². The van der Waals surface area contributed by atoms with E-state index in [1.807, 2.05) is 17.0 Å². The van der Waals surface area contributed by atoms with Gasteiger partial charge in [0.25, 0.3) is 5.91 Å². The number of ether oxygens (including phenoxy) is 1. The molecule has 0 aliphatic heterocycles. The monoisotopic (exact) mass is 347 g/mol. The van der Waals surface area contributed by atoms with Gasteiger partial charge in [-0.15, -0.1) is 0 Å². The summed E-state index contributed by atoms with van der Waals surface area (Å²) in [6.07, 6.45) is 6.13. The van der Waals surface area contributed by atoms with Gasteiger partial charge in [-0.05, 0) is 42.5 Å². The Hall–Kier alpha value is -2.07. The first-order chi connectivity index (χ1) is 11.6. The van der Waals surface area contributed by atoms with E-state index in [0.717, 1.165) is 12.8 Å². The Kier molecular flexibility index (Phi) is 6.62. The number of carbonyl (C=O) groups is 1. The van der Waals surface area contributed by atoms with Crippen LogP contribution in [0.3, 0.4) is 0 Å². The Morgan fingerprint density at radius 2 is 1.88 bits per heavy atom. The first kappa shape index (κ1) is 18.3. The number of nitrogens with zero attached hydrogens (tertiary/aromatic N) is 1. The van der Waals surface area contributed by atoms with Crippen LogP contribution in [-0.4, -0.2) is 13.0 Å². The molecule has 0 aliphatic carbocycles. The van der Waals surface area contributed by atoms with E-state index in [0.29, 0.717) is 22.4 Å². The van der Waals surface area contributed by atoms with Gasteiger partial charge in [0, 0.05) is 17.2 Å². The highest BCUT2D eigenvalue weighted by atomic mass is 35.5. The molecule has 1 aromatic carbocycles. The van der Waals surface area contributed by atoms with Crippen LogP contribution in [0, 0.1) is 0 Å². The van der Waals surface area contributed by atoms with Crippen molar-refractivity contribution < 1.29 is 14.1 Å². The number of rotatable bonds is 7. The lowest BCUT2D eigenvalue weighted by molar-refractivity contribution is -0.684. The van der Waals surface area contributed by atoms with Gasteiger partial charge in [0.2, 0.25) is 6.54 Å². The summed E-state index contributed by atoms with van der Waals surface area (Å²) in [5.74, 6) is 1.03. The number of pyridine rings is 1. The average Bonchev–Trinajstić information content (AvgIpc) is 2.57. The molecule has 0 fully saturated rings. The zero-order valence-corrected chi connectivity index (χ0v) is 15.1. The Morgan fingerprint density at radius 1 is 1.21 bits per heavy atom. The second-order valence-corrected chi connectivity index (χ2v) is 6.15.